The Labute approximate surface area is 83.9 Å². The molecule has 0 aromatic heterocycles. The van der Waals surface area contributed by atoms with Crippen LogP contribution >= 0.6 is 0 Å². The summed E-state index contributed by atoms with van der Waals surface area (Å²) < 4.78 is 5.10. The maximum atomic E-state index is 5.10. The molecule has 13 heavy (non-hydrogen) atoms. The van der Waals surface area contributed by atoms with Crippen LogP contribution in [0, 0.1) is 11.8 Å². The number of methoxy groups -OCH3 is 1. The highest BCUT2D eigenvalue weighted by Crippen LogP contribution is 2.18. The Morgan fingerprint density at radius 1 is 1.08 bits per heavy atom. The standard InChI is InChI=1S/C12H26O/c1-5-12(9-10-13-4)8-6-7-11(2)3/h11-12H,5-10H2,1-4H3/t12-/m1/s1. The Hall–Kier alpha value is -0.0400. The van der Waals surface area contributed by atoms with Crippen LogP contribution in [0.2, 0.25) is 0 Å². The molecule has 0 fully saturated rings. The van der Waals surface area contributed by atoms with E-state index in [4.69, 9.17) is 4.74 Å². The van der Waals surface area contributed by atoms with Gasteiger partial charge in [0, 0.05) is 13.7 Å². The van der Waals surface area contributed by atoms with Crippen LogP contribution in [0.5, 0.6) is 0 Å². The average Bonchev–Trinajstić information content (AvgIpc) is 2.10. The van der Waals surface area contributed by atoms with Crippen LogP contribution in [-0.2, 0) is 4.74 Å². The van der Waals surface area contributed by atoms with E-state index in [1.165, 1.54) is 32.1 Å². The van der Waals surface area contributed by atoms with Gasteiger partial charge >= 0.3 is 0 Å². The van der Waals surface area contributed by atoms with Crippen molar-refractivity contribution in [2.24, 2.45) is 11.8 Å². The molecule has 0 saturated heterocycles. The van der Waals surface area contributed by atoms with Gasteiger partial charge in [0.05, 0.1) is 0 Å². The van der Waals surface area contributed by atoms with Crippen LogP contribution in [0.15, 0.2) is 0 Å². The summed E-state index contributed by atoms with van der Waals surface area (Å²) in [5.74, 6) is 1.75. The van der Waals surface area contributed by atoms with E-state index in [0.717, 1.165) is 18.4 Å². The molecule has 80 valence electrons. The lowest BCUT2D eigenvalue weighted by molar-refractivity contribution is 0.172. The molecule has 0 aromatic rings. The van der Waals surface area contributed by atoms with Gasteiger partial charge in [0.2, 0.25) is 0 Å². The highest BCUT2D eigenvalue weighted by atomic mass is 16.5. The molecule has 0 bridgehead atoms. The molecule has 0 heterocycles. The van der Waals surface area contributed by atoms with Crippen LogP contribution < -0.4 is 0 Å². The lowest BCUT2D eigenvalue weighted by Gasteiger charge is -2.14. The highest BCUT2D eigenvalue weighted by molar-refractivity contribution is 4.58. The van der Waals surface area contributed by atoms with Crippen molar-refractivity contribution in [1.29, 1.82) is 0 Å². The van der Waals surface area contributed by atoms with Gasteiger partial charge in [0.15, 0.2) is 0 Å². The summed E-state index contributed by atoms with van der Waals surface area (Å²) in [6.07, 6.45) is 6.70. The summed E-state index contributed by atoms with van der Waals surface area (Å²) >= 11 is 0. The van der Waals surface area contributed by atoms with E-state index in [1.54, 1.807) is 7.11 Å². The molecular formula is C12H26O. The van der Waals surface area contributed by atoms with Gasteiger partial charge in [-0.05, 0) is 18.3 Å². The molecule has 0 aliphatic heterocycles. The summed E-state index contributed by atoms with van der Waals surface area (Å²) in [6, 6.07) is 0. The zero-order chi connectivity index (χ0) is 10.1. The second-order valence-corrected chi connectivity index (χ2v) is 4.38. The molecule has 1 atom stereocenters. The van der Waals surface area contributed by atoms with Crippen molar-refractivity contribution in [2.75, 3.05) is 13.7 Å². The third-order valence-electron chi connectivity index (χ3n) is 2.70. The monoisotopic (exact) mass is 186 g/mol. The molecule has 0 radical (unpaired) electrons. The first-order valence-electron chi connectivity index (χ1n) is 5.69. The number of rotatable bonds is 8. The van der Waals surface area contributed by atoms with Crippen molar-refractivity contribution in [3.8, 4) is 0 Å². The van der Waals surface area contributed by atoms with Gasteiger partial charge in [0.25, 0.3) is 0 Å². The van der Waals surface area contributed by atoms with Crippen LogP contribution in [0.3, 0.4) is 0 Å². The molecule has 0 rings (SSSR count). The lowest BCUT2D eigenvalue weighted by Crippen LogP contribution is -2.03. The average molecular weight is 186 g/mol. The molecule has 1 heteroatoms. The summed E-state index contributed by atoms with van der Waals surface area (Å²) in [7, 11) is 1.79. The lowest BCUT2D eigenvalue weighted by atomic mass is 9.94. The Morgan fingerprint density at radius 3 is 2.23 bits per heavy atom. The predicted molar refractivity (Wildman–Crippen MR) is 59.0 cm³/mol. The van der Waals surface area contributed by atoms with Crippen molar-refractivity contribution in [2.45, 2.75) is 52.9 Å². The number of hydrogen-bond acceptors (Lipinski definition) is 1. The van der Waals surface area contributed by atoms with Crippen molar-refractivity contribution in [3.05, 3.63) is 0 Å². The molecule has 1 nitrogen and oxygen atoms in total. The molecule has 0 saturated carbocycles. The SMILES string of the molecule is CC[C@H](CCCC(C)C)CCOC. The Bertz CT molecular complexity index is 99.3. The van der Waals surface area contributed by atoms with Crippen LogP contribution in [0.25, 0.3) is 0 Å². The van der Waals surface area contributed by atoms with Crippen molar-refractivity contribution < 1.29 is 4.74 Å². The Morgan fingerprint density at radius 2 is 1.77 bits per heavy atom. The van der Waals surface area contributed by atoms with Crippen LogP contribution in [0.4, 0.5) is 0 Å². The minimum atomic E-state index is 0.861. The molecule has 0 aliphatic carbocycles. The predicted octanol–water partition coefficient (Wildman–Crippen LogP) is 3.88. The van der Waals surface area contributed by atoms with Crippen molar-refractivity contribution in [3.63, 3.8) is 0 Å². The minimum Gasteiger partial charge on any atom is -0.385 e. The van der Waals surface area contributed by atoms with Crippen molar-refractivity contribution >= 4 is 0 Å². The molecular weight excluding hydrogens is 160 g/mol. The fourth-order valence-electron chi connectivity index (χ4n) is 1.65. The first kappa shape index (κ1) is 13.0. The first-order chi connectivity index (χ1) is 6.20. The van der Waals surface area contributed by atoms with E-state index in [-0.39, 0.29) is 0 Å². The third-order valence-corrected chi connectivity index (χ3v) is 2.70. The third kappa shape index (κ3) is 8.29. The zero-order valence-electron chi connectivity index (χ0n) is 9.81. The van der Waals surface area contributed by atoms with Gasteiger partial charge in [-0.25, -0.2) is 0 Å². The largest absolute Gasteiger partial charge is 0.385 e. The molecule has 0 N–H and O–H groups in total. The molecule has 0 amide bonds. The van der Waals surface area contributed by atoms with E-state index in [2.05, 4.69) is 20.8 Å². The number of ether oxygens (including phenoxy) is 1. The van der Waals surface area contributed by atoms with Crippen LogP contribution in [0.1, 0.15) is 52.9 Å². The summed E-state index contributed by atoms with van der Waals surface area (Å²) in [6.45, 7) is 7.82. The maximum Gasteiger partial charge on any atom is 0.0464 e. The Balaban J connectivity index is 3.36. The van der Waals surface area contributed by atoms with E-state index < -0.39 is 0 Å². The maximum absolute atomic E-state index is 5.10. The summed E-state index contributed by atoms with van der Waals surface area (Å²) in [5, 5.41) is 0. The van der Waals surface area contributed by atoms with E-state index in [9.17, 15) is 0 Å². The van der Waals surface area contributed by atoms with Gasteiger partial charge in [-0.3, -0.25) is 0 Å². The van der Waals surface area contributed by atoms with Gasteiger partial charge < -0.3 is 4.74 Å². The Kier molecular flexibility index (Phi) is 8.53. The fourth-order valence-corrected chi connectivity index (χ4v) is 1.65. The molecule has 0 spiro atoms. The molecule has 0 aliphatic rings. The normalized spacial score (nSPS) is 13.6. The number of hydrogen-bond donors (Lipinski definition) is 0. The highest BCUT2D eigenvalue weighted by Gasteiger charge is 2.05. The molecule has 0 unspecified atom stereocenters. The van der Waals surface area contributed by atoms with Gasteiger partial charge in [0.1, 0.15) is 0 Å². The summed E-state index contributed by atoms with van der Waals surface area (Å²) in [4.78, 5) is 0. The van der Waals surface area contributed by atoms with Crippen LogP contribution in [-0.4, -0.2) is 13.7 Å². The second kappa shape index (κ2) is 8.55. The first-order valence-corrected chi connectivity index (χ1v) is 5.69. The summed E-state index contributed by atoms with van der Waals surface area (Å²) in [5.41, 5.74) is 0. The zero-order valence-corrected chi connectivity index (χ0v) is 9.81. The molecule has 0 aromatic carbocycles. The van der Waals surface area contributed by atoms with E-state index in [1.807, 2.05) is 0 Å². The second-order valence-electron chi connectivity index (χ2n) is 4.38. The van der Waals surface area contributed by atoms with E-state index >= 15 is 0 Å². The van der Waals surface area contributed by atoms with Gasteiger partial charge in [-0.2, -0.15) is 0 Å². The van der Waals surface area contributed by atoms with Gasteiger partial charge in [-0.1, -0.05) is 46.5 Å². The smallest absolute Gasteiger partial charge is 0.0464 e. The van der Waals surface area contributed by atoms with E-state index in [0.29, 0.717) is 0 Å². The van der Waals surface area contributed by atoms with Gasteiger partial charge in [-0.15, -0.1) is 0 Å². The quantitative estimate of drug-likeness (QED) is 0.559. The topological polar surface area (TPSA) is 9.23 Å². The minimum absolute atomic E-state index is 0.861. The fraction of sp³-hybridized carbons (Fsp3) is 1.00. The van der Waals surface area contributed by atoms with Crippen molar-refractivity contribution in [1.82, 2.24) is 0 Å².